The first-order valence-electron chi connectivity index (χ1n) is 7.51. The minimum atomic E-state index is -0.493. The average Bonchev–Trinajstić information content (AvgIpc) is 2.46. The predicted molar refractivity (Wildman–Crippen MR) is 88.4 cm³/mol. The van der Waals surface area contributed by atoms with Gasteiger partial charge < -0.3 is 19.9 Å². The Hall–Kier alpha value is -0.460. The highest BCUT2D eigenvalue weighted by molar-refractivity contribution is 9.10. The highest BCUT2D eigenvalue weighted by atomic mass is 79.9. The molecular formula is C16H26BrNO3. The van der Waals surface area contributed by atoms with Crippen molar-refractivity contribution in [1.29, 1.82) is 0 Å². The monoisotopic (exact) mass is 359 g/mol. The van der Waals surface area contributed by atoms with Gasteiger partial charge in [0, 0.05) is 24.2 Å². The molecule has 0 heterocycles. The third-order valence-electron chi connectivity index (χ3n) is 2.92. The Bertz CT molecular complexity index is 376. The fraction of sp³-hybridized carbons (Fsp3) is 0.625. The second kappa shape index (κ2) is 12.1. The molecule has 5 heteroatoms. The SMILES string of the molecule is CCCCOCCOCC(O)CNCc1cccc(Br)c1. The van der Waals surface area contributed by atoms with E-state index in [9.17, 15) is 5.11 Å². The number of rotatable bonds is 12. The van der Waals surface area contributed by atoms with E-state index >= 15 is 0 Å². The molecule has 1 atom stereocenters. The summed E-state index contributed by atoms with van der Waals surface area (Å²) < 4.78 is 11.8. The minimum absolute atomic E-state index is 0.336. The van der Waals surface area contributed by atoms with E-state index in [1.165, 1.54) is 5.56 Å². The van der Waals surface area contributed by atoms with Crippen molar-refractivity contribution >= 4 is 15.9 Å². The van der Waals surface area contributed by atoms with Crippen molar-refractivity contribution in [2.75, 3.05) is 33.0 Å². The summed E-state index contributed by atoms with van der Waals surface area (Å²) in [7, 11) is 0. The average molecular weight is 360 g/mol. The van der Waals surface area contributed by atoms with E-state index in [1.807, 2.05) is 18.2 Å². The molecule has 0 saturated heterocycles. The van der Waals surface area contributed by atoms with E-state index < -0.39 is 6.10 Å². The van der Waals surface area contributed by atoms with Crippen LogP contribution in [0.5, 0.6) is 0 Å². The van der Waals surface area contributed by atoms with Crippen LogP contribution in [0.15, 0.2) is 28.7 Å². The van der Waals surface area contributed by atoms with Crippen LogP contribution >= 0.6 is 15.9 Å². The molecule has 0 spiro atoms. The minimum Gasteiger partial charge on any atom is -0.389 e. The van der Waals surface area contributed by atoms with E-state index in [2.05, 4.69) is 34.2 Å². The normalized spacial score (nSPS) is 12.5. The number of benzene rings is 1. The highest BCUT2D eigenvalue weighted by Gasteiger charge is 2.04. The molecule has 0 amide bonds. The van der Waals surface area contributed by atoms with Gasteiger partial charge in [-0.05, 0) is 24.1 Å². The van der Waals surface area contributed by atoms with Crippen molar-refractivity contribution in [3.05, 3.63) is 34.3 Å². The van der Waals surface area contributed by atoms with Crippen molar-refractivity contribution in [3.8, 4) is 0 Å². The second-order valence-electron chi connectivity index (χ2n) is 4.96. The molecule has 0 radical (unpaired) electrons. The summed E-state index contributed by atoms with van der Waals surface area (Å²) in [6.45, 7) is 5.64. The maximum Gasteiger partial charge on any atom is 0.0897 e. The zero-order chi connectivity index (χ0) is 15.3. The van der Waals surface area contributed by atoms with Gasteiger partial charge in [0.05, 0.1) is 25.9 Å². The molecule has 1 aromatic rings. The zero-order valence-electron chi connectivity index (χ0n) is 12.7. The number of aliphatic hydroxyl groups is 1. The third-order valence-corrected chi connectivity index (χ3v) is 3.42. The summed E-state index contributed by atoms with van der Waals surface area (Å²) in [5.74, 6) is 0. The van der Waals surface area contributed by atoms with E-state index in [0.29, 0.717) is 26.4 Å². The Morgan fingerprint density at radius 2 is 2.05 bits per heavy atom. The zero-order valence-corrected chi connectivity index (χ0v) is 14.3. The maximum atomic E-state index is 9.78. The van der Waals surface area contributed by atoms with E-state index in [4.69, 9.17) is 9.47 Å². The van der Waals surface area contributed by atoms with Crippen molar-refractivity contribution in [2.45, 2.75) is 32.4 Å². The fourth-order valence-electron chi connectivity index (χ4n) is 1.77. The molecule has 0 saturated carbocycles. The van der Waals surface area contributed by atoms with Gasteiger partial charge in [0.25, 0.3) is 0 Å². The first-order valence-corrected chi connectivity index (χ1v) is 8.30. The number of ether oxygens (including phenoxy) is 2. The van der Waals surface area contributed by atoms with Crippen LogP contribution in [-0.4, -0.2) is 44.2 Å². The van der Waals surface area contributed by atoms with Crippen molar-refractivity contribution in [2.24, 2.45) is 0 Å². The van der Waals surface area contributed by atoms with Crippen molar-refractivity contribution in [1.82, 2.24) is 5.32 Å². The molecule has 1 aromatic carbocycles. The van der Waals surface area contributed by atoms with Crippen LogP contribution in [0.2, 0.25) is 0 Å². The molecule has 1 rings (SSSR count). The Morgan fingerprint density at radius 1 is 1.24 bits per heavy atom. The molecule has 0 bridgehead atoms. The Labute approximate surface area is 136 Å². The van der Waals surface area contributed by atoms with Gasteiger partial charge in [-0.25, -0.2) is 0 Å². The van der Waals surface area contributed by atoms with Crippen LogP contribution in [-0.2, 0) is 16.0 Å². The first-order chi connectivity index (χ1) is 10.2. The number of hydrogen-bond acceptors (Lipinski definition) is 4. The molecular weight excluding hydrogens is 334 g/mol. The number of aliphatic hydroxyl groups excluding tert-OH is 1. The smallest absolute Gasteiger partial charge is 0.0897 e. The lowest BCUT2D eigenvalue weighted by molar-refractivity contribution is 0.00385. The highest BCUT2D eigenvalue weighted by Crippen LogP contribution is 2.11. The second-order valence-corrected chi connectivity index (χ2v) is 5.87. The van der Waals surface area contributed by atoms with Crippen LogP contribution in [0.4, 0.5) is 0 Å². The van der Waals surface area contributed by atoms with Crippen molar-refractivity contribution < 1.29 is 14.6 Å². The van der Waals surface area contributed by atoms with Gasteiger partial charge in [0.1, 0.15) is 0 Å². The van der Waals surface area contributed by atoms with E-state index in [-0.39, 0.29) is 0 Å². The summed E-state index contributed by atoms with van der Waals surface area (Å²) >= 11 is 3.44. The summed E-state index contributed by atoms with van der Waals surface area (Å²) in [5, 5.41) is 13.0. The molecule has 4 nitrogen and oxygen atoms in total. The first kappa shape index (κ1) is 18.6. The number of nitrogens with one attached hydrogen (secondary N) is 1. The molecule has 0 aromatic heterocycles. The molecule has 0 aliphatic heterocycles. The van der Waals surface area contributed by atoms with Crippen LogP contribution < -0.4 is 5.32 Å². The summed E-state index contributed by atoms with van der Waals surface area (Å²) in [6.07, 6.45) is 1.73. The van der Waals surface area contributed by atoms with Gasteiger partial charge in [0.15, 0.2) is 0 Å². The van der Waals surface area contributed by atoms with Gasteiger partial charge in [-0.15, -0.1) is 0 Å². The van der Waals surface area contributed by atoms with Crippen molar-refractivity contribution in [3.63, 3.8) is 0 Å². The van der Waals surface area contributed by atoms with Crippen LogP contribution in [0, 0.1) is 0 Å². The Kier molecular flexibility index (Phi) is 10.7. The van der Waals surface area contributed by atoms with Crippen LogP contribution in [0.3, 0.4) is 0 Å². The lowest BCUT2D eigenvalue weighted by atomic mass is 10.2. The number of hydrogen-bond donors (Lipinski definition) is 2. The molecule has 0 aliphatic carbocycles. The van der Waals surface area contributed by atoms with E-state index in [1.54, 1.807) is 0 Å². The van der Waals surface area contributed by atoms with Gasteiger partial charge >= 0.3 is 0 Å². The van der Waals surface area contributed by atoms with E-state index in [0.717, 1.165) is 30.5 Å². The molecule has 0 aliphatic rings. The third kappa shape index (κ3) is 9.98. The molecule has 0 fully saturated rings. The largest absolute Gasteiger partial charge is 0.389 e. The number of halogens is 1. The maximum absolute atomic E-state index is 9.78. The van der Waals surface area contributed by atoms with Crippen LogP contribution in [0.1, 0.15) is 25.3 Å². The lowest BCUT2D eigenvalue weighted by Gasteiger charge is -2.12. The van der Waals surface area contributed by atoms with Gasteiger partial charge in [-0.2, -0.15) is 0 Å². The summed E-state index contributed by atoms with van der Waals surface area (Å²) in [6, 6.07) is 8.10. The quantitative estimate of drug-likeness (QED) is 0.563. The summed E-state index contributed by atoms with van der Waals surface area (Å²) in [4.78, 5) is 0. The van der Waals surface area contributed by atoms with Gasteiger partial charge in [-0.1, -0.05) is 41.4 Å². The molecule has 120 valence electrons. The fourth-order valence-corrected chi connectivity index (χ4v) is 2.22. The molecule has 21 heavy (non-hydrogen) atoms. The Morgan fingerprint density at radius 3 is 2.81 bits per heavy atom. The van der Waals surface area contributed by atoms with Gasteiger partial charge in [0.2, 0.25) is 0 Å². The molecule has 2 N–H and O–H groups in total. The standard InChI is InChI=1S/C16H26BrNO3/c1-2-3-7-20-8-9-21-13-16(19)12-18-11-14-5-4-6-15(17)10-14/h4-6,10,16,18-19H,2-3,7-9,11-13H2,1H3. The summed E-state index contributed by atoms with van der Waals surface area (Å²) in [5.41, 5.74) is 1.18. The lowest BCUT2D eigenvalue weighted by Crippen LogP contribution is -2.30. The predicted octanol–water partition coefficient (Wildman–Crippen LogP) is 2.73. The number of unbranched alkanes of at least 4 members (excludes halogenated alkanes) is 1. The van der Waals surface area contributed by atoms with Crippen LogP contribution in [0.25, 0.3) is 0 Å². The van der Waals surface area contributed by atoms with Gasteiger partial charge in [-0.3, -0.25) is 0 Å². The topological polar surface area (TPSA) is 50.7 Å². The Balaban J connectivity index is 1.97. The molecule has 1 unspecified atom stereocenters.